The van der Waals surface area contributed by atoms with E-state index in [0.717, 1.165) is 17.5 Å². The van der Waals surface area contributed by atoms with Crippen LogP contribution in [0.2, 0.25) is 0 Å². The molecule has 4 heteroatoms. The average Bonchev–Trinajstić information content (AvgIpc) is 2.52. The van der Waals surface area contributed by atoms with Crippen LogP contribution in [0.5, 0.6) is 11.5 Å². The van der Waals surface area contributed by atoms with E-state index in [4.69, 9.17) is 9.47 Å². The van der Waals surface area contributed by atoms with Gasteiger partial charge in [0.1, 0.15) is 6.61 Å². The maximum atomic E-state index is 11.1. The molecule has 21 heavy (non-hydrogen) atoms. The number of carbonyl (C=O) groups excluding carboxylic acids is 1. The molecule has 2 rings (SSSR count). The first-order valence-corrected chi connectivity index (χ1v) is 6.67. The summed E-state index contributed by atoms with van der Waals surface area (Å²) in [5.74, 6) is 1.04. The number of carbonyl (C=O) groups is 1. The minimum atomic E-state index is 0.378. The summed E-state index contributed by atoms with van der Waals surface area (Å²) in [7, 11) is 5.54. The third-order valence-corrected chi connectivity index (χ3v) is 3.17. The number of aldehydes is 1. The monoisotopic (exact) mass is 285 g/mol. The van der Waals surface area contributed by atoms with Gasteiger partial charge in [-0.3, -0.25) is 4.79 Å². The van der Waals surface area contributed by atoms with Crippen LogP contribution in [-0.4, -0.2) is 27.5 Å². The molecule has 110 valence electrons. The summed E-state index contributed by atoms with van der Waals surface area (Å²) < 4.78 is 11.0. The van der Waals surface area contributed by atoms with Crippen LogP contribution < -0.4 is 14.4 Å². The first-order chi connectivity index (χ1) is 10.2. The zero-order chi connectivity index (χ0) is 15.2. The van der Waals surface area contributed by atoms with Crippen molar-refractivity contribution in [2.75, 3.05) is 26.1 Å². The number of hydrogen-bond donors (Lipinski definition) is 0. The maximum absolute atomic E-state index is 11.1. The molecule has 0 saturated carbocycles. The second-order valence-electron chi connectivity index (χ2n) is 4.85. The number of para-hydroxylation sites is 1. The largest absolute Gasteiger partial charge is 0.493 e. The quantitative estimate of drug-likeness (QED) is 0.764. The molecule has 0 aliphatic rings. The van der Waals surface area contributed by atoms with Crippen LogP contribution >= 0.6 is 0 Å². The zero-order valence-electron chi connectivity index (χ0n) is 12.5. The molecule has 0 atom stereocenters. The summed E-state index contributed by atoms with van der Waals surface area (Å²) in [5.41, 5.74) is 2.62. The van der Waals surface area contributed by atoms with E-state index in [0.29, 0.717) is 23.7 Å². The number of anilines is 1. The fourth-order valence-corrected chi connectivity index (χ4v) is 2.02. The van der Waals surface area contributed by atoms with Crippen LogP contribution in [0, 0.1) is 0 Å². The standard InChI is InChI=1S/C17H19NO3/c1-18(2)15-8-4-6-13(10-15)12-21-17-14(11-19)7-5-9-16(17)20-3/h4-11H,12H2,1-3H3. The second-order valence-corrected chi connectivity index (χ2v) is 4.85. The summed E-state index contributed by atoms with van der Waals surface area (Å²) in [5, 5.41) is 0. The van der Waals surface area contributed by atoms with Gasteiger partial charge in [0.15, 0.2) is 17.8 Å². The average molecular weight is 285 g/mol. The third-order valence-electron chi connectivity index (χ3n) is 3.17. The fraction of sp³-hybridized carbons (Fsp3) is 0.235. The third kappa shape index (κ3) is 3.54. The first-order valence-electron chi connectivity index (χ1n) is 6.67. The van der Waals surface area contributed by atoms with E-state index < -0.39 is 0 Å². The topological polar surface area (TPSA) is 38.8 Å². The van der Waals surface area contributed by atoms with Gasteiger partial charge in [-0.15, -0.1) is 0 Å². The molecule has 4 nitrogen and oxygen atoms in total. The number of nitrogens with zero attached hydrogens (tertiary/aromatic N) is 1. The Hall–Kier alpha value is -2.49. The van der Waals surface area contributed by atoms with Crippen molar-refractivity contribution in [3.8, 4) is 11.5 Å². The molecule has 0 saturated heterocycles. The van der Waals surface area contributed by atoms with Gasteiger partial charge in [-0.25, -0.2) is 0 Å². The molecule has 0 aromatic heterocycles. The van der Waals surface area contributed by atoms with Gasteiger partial charge in [0.25, 0.3) is 0 Å². The molecule has 2 aromatic carbocycles. The number of benzene rings is 2. The molecule has 2 aromatic rings. The molecule has 0 bridgehead atoms. The van der Waals surface area contributed by atoms with Crippen molar-refractivity contribution in [2.45, 2.75) is 6.61 Å². The van der Waals surface area contributed by atoms with Crippen LogP contribution in [-0.2, 0) is 6.61 Å². The van der Waals surface area contributed by atoms with E-state index >= 15 is 0 Å². The van der Waals surface area contributed by atoms with Crippen molar-refractivity contribution < 1.29 is 14.3 Å². The lowest BCUT2D eigenvalue weighted by atomic mass is 10.2. The van der Waals surface area contributed by atoms with Gasteiger partial charge in [-0.1, -0.05) is 18.2 Å². The summed E-state index contributed by atoms with van der Waals surface area (Å²) in [6.45, 7) is 0.378. The normalized spacial score (nSPS) is 10.0. The molecular formula is C17H19NO3. The van der Waals surface area contributed by atoms with E-state index in [9.17, 15) is 4.79 Å². The van der Waals surface area contributed by atoms with E-state index in [-0.39, 0.29) is 0 Å². The van der Waals surface area contributed by atoms with Crippen LogP contribution in [0.4, 0.5) is 5.69 Å². The summed E-state index contributed by atoms with van der Waals surface area (Å²) in [6.07, 6.45) is 0.772. The van der Waals surface area contributed by atoms with Crippen LogP contribution in [0.1, 0.15) is 15.9 Å². The lowest BCUT2D eigenvalue weighted by Gasteiger charge is -2.15. The molecule has 0 aliphatic heterocycles. The Morgan fingerprint density at radius 3 is 2.57 bits per heavy atom. The van der Waals surface area contributed by atoms with Crippen molar-refractivity contribution in [2.24, 2.45) is 0 Å². The number of hydrogen-bond acceptors (Lipinski definition) is 4. The van der Waals surface area contributed by atoms with Crippen molar-refractivity contribution in [3.05, 3.63) is 53.6 Å². The highest BCUT2D eigenvalue weighted by molar-refractivity contribution is 5.81. The van der Waals surface area contributed by atoms with Crippen LogP contribution in [0.25, 0.3) is 0 Å². The second kappa shape index (κ2) is 6.79. The summed E-state index contributed by atoms with van der Waals surface area (Å²) in [4.78, 5) is 13.1. The highest BCUT2D eigenvalue weighted by Gasteiger charge is 2.10. The van der Waals surface area contributed by atoms with Gasteiger partial charge < -0.3 is 14.4 Å². The van der Waals surface area contributed by atoms with Gasteiger partial charge in [0.2, 0.25) is 0 Å². The lowest BCUT2D eigenvalue weighted by Crippen LogP contribution is -2.09. The molecule has 0 unspecified atom stereocenters. The Kier molecular flexibility index (Phi) is 4.82. The van der Waals surface area contributed by atoms with E-state index in [1.807, 2.05) is 37.2 Å². The predicted octanol–water partition coefficient (Wildman–Crippen LogP) is 3.15. The van der Waals surface area contributed by atoms with Crippen molar-refractivity contribution >= 4 is 12.0 Å². The van der Waals surface area contributed by atoms with Crippen molar-refractivity contribution in [3.63, 3.8) is 0 Å². The molecule has 0 spiro atoms. The molecule has 0 radical (unpaired) electrons. The fourth-order valence-electron chi connectivity index (χ4n) is 2.02. The Balaban J connectivity index is 2.20. The van der Waals surface area contributed by atoms with E-state index in [1.165, 1.54) is 0 Å². The number of rotatable bonds is 6. The molecule has 0 fully saturated rings. The molecule has 0 aliphatic carbocycles. The first kappa shape index (κ1) is 14.9. The highest BCUT2D eigenvalue weighted by Crippen LogP contribution is 2.30. The SMILES string of the molecule is COc1cccc(C=O)c1OCc1cccc(N(C)C)c1. The smallest absolute Gasteiger partial charge is 0.172 e. The van der Waals surface area contributed by atoms with Crippen molar-refractivity contribution in [1.29, 1.82) is 0 Å². The summed E-state index contributed by atoms with van der Waals surface area (Å²) >= 11 is 0. The van der Waals surface area contributed by atoms with Gasteiger partial charge >= 0.3 is 0 Å². The Morgan fingerprint density at radius 1 is 1.14 bits per heavy atom. The van der Waals surface area contributed by atoms with Gasteiger partial charge in [0.05, 0.1) is 12.7 Å². The predicted molar refractivity (Wildman–Crippen MR) is 83.5 cm³/mol. The van der Waals surface area contributed by atoms with Crippen LogP contribution in [0.15, 0.2) is 42.5 Å². The molecular weight excluding hydrogens is 266 g/mol. The van der Waals surface area contributed by atoms with Crippen LogP contribution in [0.3, 0.4) is 0 Å². The van der Waals surface area contributed by atoms with Gasteiger partial charge in [-0.2, -0.15) is 0 Å². The Labute approximate surface area is 124 Å². The maximum Gasteiger partial charge on any atom is 0.172 e. The Morgan fingerprint density at radius 2 is 1.90 bits per heavy atom. The minimum Gasteiger partial charge on any atom is -0.493 e. The molecule has 0 amide bonds. The van der Waals surface area contributed by atoms with Gasteiger partial charge in [-0.05, 0) is 29.8 Å². The van der Waals surface area contributed by atoms with Gasteiger partial charge in [0, 0.05) is 19.8 Å². The number of ether oxygens (including phenoxy) is 2. The minimum absolute atomic E-state index is 0.378. The van der Waals surface area contributed by atoms with E-state index in [2.05, 4.69) is 6.07 Å². The Bertz CT molecular complexity index is 623. The zero-order valence-corrected chi connectivity index (χ0v) is 12.5. The number of methoxy groups -OCH3 is 1. The highest BCUT2D eigenvalue weighted by atomic mass is 16.5. The van der Waals surface area contributed by atoms with E-state index in [1.54, 1.807) is 25.3 Å². The lowest BCUT2D eigenvalue weighted by molar-refractivity contribution is 0.111. The van der Waals surface area contributed by atoms with Crippen molar-refractivity contribution in [1.82, 2.24) is 0 Å². The summed E-state index contributed by atoms with van der Waals surface area (Å²) in [6, 6.07) is 13.3. The molecule has 0 N–H and O–H groups in total. The molecule has 0 heterocycles.